The van der Waals surface area contributed by atoms with Crippen LogP contribution >= 0.6 is 0 Å². The summed E-state index contributed by atoms with van der Waals surface area (Å²) in [5, 5.41) is 0. The number of aromatic nitrogens is 1. The van der Waals surface area contributed by atoms with Gasteiger partial charge in [0.25, 0.3) is 5.91 Å². The highest BCUT2D eigenvalue weighted by atomic mass is 16.2. The number of likely N-dealkylation sites (tertiary alicyclic amines) is 1. The minimum absolute atomic E-state index is 0.0730. The van der Waals surface area contributed by atoms with E-state index in [0.717, 1.165) is 55.6 Å². The van der Waals surface area contributed by atoms with Crippen molar-refractivity contribution < 1.29 is 9.59 Å². The lowest BCUT2D eigenvalue weighted by Crippen LogP contribution is -2.32. The molecule has 1 atom stereocenters. The van der Waals surface area contributed by atoms with Gasteiger partial charge in [-0.15, -0.1) is 0 Å². The van der Waals surface area contributed by atoms with E-state index < -0.39 is 0 Å². The van der Waals surface area contributed by atoms with Gasteiger partial charge in [-0.05, 0) is 50.5 Å². The Hall–Kier alpha value is -1.58. The molecule has 1 unspecified atom stereocenters. The van der Waals surface area contributed by atoms with E-state index in [0.29, 0.717) is 18.0 Å². The molecule has 3 rings (SSSR count). The molecule has 21 heavy (non-hydrogen) atoms. The Labute approximate surface area is 125 Å². The van der Waals surface area contributed by atoms with Crippen molar-refractivity contribution in [3.63, 3.8) is 0 Å². The Bertz CT molecular complexity index is 574. The van der Waals surface area contributed by atoms with Gasteiger partial charge in [-0.25, -0.2) is 0 Å². The van der Waals surface area contributed by atoms with Gasteiger partial charge in [0.05, 0.1) is 0 Å². The highest BCUT2D eigenvalue weighted by molar-refractivity contribution is 6.04. The lowest BCUT2D eigenvalue weighted by molar-refractivity contribution is 0.0754. The van der Waals surface area contributed by atoms with Crippen LogP contribution in [0, 0.1) is 12.8 Å². The molecule has 4 heteroatoms. The van der Waals surface area contributed by atoms with E-state index in [1.165, 1.54) is 6.42 Å². The van der Waals surface area contributed by atoms with Gasteiger partial charge < -0.3 is 9.88 Å². The Kier molecular flexibility index (Phi) is 3.87. The third kappa shape index (κ3) is 2.63. The van der Waals surface area contributed by atoms with Crippen molar-refractivity contribution in [2.45, 2.75) is 52.4 Å². The first-order valence-corrected chi connectivity index (χ1v) is 8.12. The van der Waals surface area contributed by atoms with Crippen LogP contribution in [0.4, 0.5) is 0 Å². The highest BCUT2D eigenvalue weighted by Crippen LogP contribution is 2.28. The van der Waals surface area contributed by atoms with Crippen LogP contribution in [-0.2, 0) is 6.42 Å². The van der Waals surface area contributed by atoms with Gasteiger partial charge >= 0.3 is 0 Å². The summed E-state index contributed by atoms with van der Waals surface area (Å²) in [4.78, 5) is 30.1. The van der Waals surface area contributed by atoms with Crippen molar-refractivity contribution in [3.8, 4) is 0 Å². The topological polar surface area (TPSA) is 53.2 Å². The SMILES string of the molecule is Cc1c(C(=O)N2CCCC(C)CC2)[nH]c2c1C(=O)CCC2. The largest absolute Gasteiger partial charge is 0.354 e. The normalized spacial score (nSPS) is 22.9. The van der Waals surface area contributed by atoms with Crippen LogP contribution in [0.25, 0.3) is 0 Å². The van der Waals surface area contributed by atoms with Gasteiger partial charge in [0.15, 0.2) is 5.78 Å². The Balaban J connectivity index is 1.86. The molecule has 0 radical (unpaired) electrons. The van der Waals surface area contributed by atoms with E-state index in [1.54, 1.807) is 0 Å². The van der Waals surface area contributed by atoms with Crippen molar-refractivity contribution in [3.05, 3.63) is 22.5 Å². The zero-order valence-electron chi connectivity index (χ0n) is 13.0. The van der Waals surface area contributed by atoms with Gasteiger partial charge in [-0.3, -0.25) is 9.59 Å². The zero-order valence-corrected chi connectivity index (χ0v) is 13.0. The first kappa shape index (κ1) is 14.4. The standard InChI is InChI=1S/C17H24N2O2/c1-11-5-4-9-19(10-8-11)17(21)16-12(2)15-13(18-16)6-3-7-14(15)20/h11,18H,3-10H2,1-2H3. The maximum Gasteiger partial charge on any atom is 0.270 e. The fourth-order valence-electron chi connectivity index (χ4n) is 3.61. The number of amides is 1. The molecule has 0 saturated carbocycles. The summed E-state index contributed by atoms with van der Waals surface area (Å²) in [5.41, 5.74) is 3.25. The number of rotatable bonds is 1. The molecular formula is C17H24N2O2. The summed E-state index contributed by atoms with van der Waals surface area (Å²) in [6, 6.07) is 0. The number of aromatic amines is 1. The van der Waals surface area contributed by atoms with Gasteiger partial charge in [0.1, 0.15) is 5.69 Å². The summed E-state index contributed by atoms with van der Waals surface area (Å²) in [7, 11) is 0. The van der Waals surface area contributed by atoms with Crippen molar-refractivity contribution in [1.82, 2.24) is 9.88 Å². The third-order valence-electron chi connectivity index (χ3n) is 4.95. The van der Waals surface area contributed by atoms with Crippen LogP contribution in [-0.4, -0.2) is 34.7 Å². The number of aryl methyl sites for hydroxylation is 1. The number of ketones is 1. The van der Waals surface area contributed by atoms with Crippen LogP contribution in [0.3, 0.4) is 0 Å². The van der Waals surface area contributed by atoms with Crippen LogP contribution in [0.5, 0.6) is 0 Å². The molecule has 2 aliphatic rings. The van der Waals surface area contributed by atoms with E-state index in [-0.39, 0.29) is 11.7 Å². The Morgan fingerprint density at radius 2 is 2.00 bits per heavy atom. The quantitative estimate of drug-likeness (QED) is 0.863. The molecule has 0 bridgehead atoms. The average molecular weight is 288 g/mol. The van der Waals surface area contributed by atoms with E-state index >= 15 is 0 Å². The van der Waals surface area contributed by atoms with Crippen LogP contribution in [0.2, 0.25) is 0 Å². The lowest BCUT2D eigenvalue weighted by Gasteiger charge is -2.20. The number of fused-ring (bicyclic) bond motifs is 1. The Morgan fingerprint density at radius 1 is 1.19 bits per heavy atom. The molecule has 1 fully saturated rings. The second kappa shape index (κ2) is 5.66. The average Bonchev–Trinajstić information content (AvgIpc) is 2.65. The maximum atomic E-state index is 12.8. The number of Topliss-reactive ketones (excluding diaryl/α,β-unsaturated/α-hetero) is 1. The van der Waals surface area contributed by atoms with Gasteiger partial charge in [0.2, 0.25) is 0 Å². The van der Waals surface area contributed by atoms with Crippen LogP contribution in [0.15, 0.2) is 0 Å². The van der Waals surface area contributed by atoms with E-state index in [4.69, 9.17) is 0 Å². The number of nitrogens with zero attached hydrogens (tertiary/aromatic N) is 1. The number of nitrogens with one attached hydrogen (secondary N) is 1. The molecule has 0 aromatic carbocycles. The first-order chi connectivity index (χ1) is 10.1. The van der Waals surface area contributed by atoms with Crippen LogP contribution in [0.1, 0.15) is 71.1 Å². The minimum atomic E-state index is 0.0730. The van der Waals surface area contributed by atoms with Crippen molar-refractivity contribution in [1.29, 1.82) is 0 Å². The third-order valence-corrected chi connectivity index (χ3v) is 4.95. The van der Waals surface area contributed by atoms with E-state index in [9.17, 15) is 9.59 Å². The second-order valence-corrected chi connectivity index (χ2v) is 6.58. The summed E-state index contributed by atoms with van der Waals surface area (Å²) in [6.45, 7) is 5.83. The maximum absolute atomic E-state index is 12.8. The molecule has 0 spiro atoms. The number of carbonyl (C=O) groups is 2. The molecule has 1 aliphatic heterocycles. The molecule has 1 saturated heterocycles. The summed E-state index contributed by atoms with van der Waals surface area (Å²) in [6.07, 6.45) is 5.73. The molecule has 1 aliphatic carbocycles. The summed E-state index contributed by atoms with van der Waals surface area (Å²) >= 11 is 0. The molecule has 1 amide bonds. The fraction of sp³-hybridized carbons (Fsp3) is 0.647. The number of H-pyrrole nitrogens is 1. The molecule has 4 nitrogen and oxygen atoms in total. The van der Waals surface area contributed by atoms with Crippen LogP contribution < -0.4 is 0 Å². The van der Waals surface area contributed by atoms with Crippen molar-refractivity contribution in [2.24, 2.45) is 5.92 Å². The lowest BCUT2D eigenvalue weighted by atomic mass is 9.94. The number of hydrogen-bond donors (Lipinski definition) is 1. The fourth-order valence-corrected chi connectivity index (χ4v) is 3.61. The molecule has 2 heterocycles. The zero-order chi connectivity index (χ0) is 15.0. The summed E-state index contributed by atoms with van der Waals surface area (Å²) < 4.78 is 0. The minimum Gasteiger partial charge on any atom is -0.354 e. The Morgan fingerprint density at radius 3 is 2.76 bits per heavy atom. The van der Waals surface area contributed by atoms with Crippen molar-refractivity contribution >= 4 is 11.7 Å². The monoisotopic (exact) mass is 288 g/mol. The first-order valence-electron chi connectivity index (χ1n) is 8.12. The smallest absolute Gasteiger partial charge is 0.270 e. The number of carbonyl (C=O) groups excluding carboxylic acids is 2. The van der Waals surface area contributed by atoms with Gasteiger partial charge in [-0.1, -0.05) is 6.92 Å². The number of hydrogen-bond acceptors (Lipinski definition) is 2. The molecule has 1 N–H and O–H groups in total. The van der Waals surface area contributed by atoms with Crippen molar-refractivity contribution in [2.75, 3.05) is 13.1 Å². The molecule has 1 aromatic rings. The summed E-state index contributed by atoms with van der Waals surface area (Å²) in [5.74, 6) is 0.958. The predicted octanol–water partition coefficient (Wildman–Crippen LogP) is 3.10. The van der Waals surface area contributed by atoms with Gasteiger partial charge in [0, 0.05) is 30.8 Å². The molecule has 114 valence electrons. The van der Waals surface area contributed by atoms with E-state index in [2.05, 4.69) is 11.9 Å². The molecule has 1 aromatic heterocycles. The van der Waals surface area contributed by atoms with E-state index in [1.807, 2.05) is 11.8 Å². The van der Waals surface area contributed by atoms with Gasteiger partial charge in [-0.2, -0.15) is 0 Å². The highest BCUT2D eigenvalue weighted by Gasteiger charge is 2.29. The molecular weight excluding hydrogens is 264 g/mol. The second-order valence-electron chi connectivity index (χ2n) is 6.58. The predicted molar refractivity (Wildman–Crippen MR) is 81.7 cm³/mol.